The quantitative estimate of drug-likeness (QED) is 0.788. The van der Waals surface area contributed by atoms with Crippen LogP contribution in [-0.4, -0.2) is 36.9 Å². The van der Waals surface area contributed by atoms with E-state index in [0.29, 0.717) is 12.0 Å². The summed E-state index contributed by atoms with van der Waals surface area (Å²) in [5.74, 6) is -0.166. The van der Waals surface area contributed by atoms with Gasteiger partial charge in [0.25, 0.3) is 0 Å². The molecule has 0 N–H and O–H groups in total. The fourth-order valence-electron chi connectivity index (χ4n) is 3.06. The molecule has 1 aromatic heterocycles. The highest BCUT2D eigenvalue weighted by Crippen LogP contribution is 2.31. The lowest BCUT2D eigenvalue weighted by Crippen LogP contribution is -2.31. The first-order chi connectivity index (χ1) is 12.6. The molecule has 1 aromatic carbocycles. The highest BCUT2D eigenvalue weighted by Gasteiger charge is 2.35. The van der Waals surface area contributed by atoms with E-state index in [1.165, 1.54) is 4.31 Å². The number of sulfonamides is 1. The topological polar surface area (TPSA) is 59.5 Å². The molecule has 0 bridgehead atoms. The van der Waals surface area contributed by atoms with E-state index in [1.807, 2.05) is 6.92 Å². The van der Waals surface area contributed by atoms with E-state index in [2.05, 4.69) is 4.98 Å². The van der Waals surface area contributed by atoms with Crippen LogP contribution in [0.3, 0.4) is 0 Å². The lowest BCUT2D eigenvalue weighted by atomic mass is 10.2. The van der Waals surface area contributed by atoms with E-state index >= 15 is 0 Å². The van der Waals surface area contributed by atoms with Crippen molar-refractivity contribution in [3.8, 4) is 5.88 Å². The van der Waals surface area contributed by atoms with Gasteiger partial charge in [-0.25, -0.2) is 13.4 Å². The molecule has 0 aliphatic carbocycles. The molecule has 0 saturated carbocycles. The maximum absolute atomic E-state index is 12.9. The number of aryl methyl sites for hydroxylation is 2. The van der Waals surface area contributed by atoms with Crippen LogP contribution in [0.25, 0.3) is 0 Å². The van der Waals surface area contributed by atoms with Gasteiger partial charge >= 0.3 is 6.18 Å². The Morgan fingerprint density at radius 1 is 1.19 bits per heavy atom. The van der Waals surface area contributed by atoms with E-state index in [0.717, 1.165) is 23.9 Å². The number of hydrogen-bond donors (Lipinski definition) is 0. The number of alkyl halides is 3. The molecule has 1 fully saturated rings. The Balaban J connectivity index is 1.73. The smallest absolute Gasteiger partial charge is 0.416 e. The molecule has 146 valence electrons. The third-order valence-corrected chi connectivity index (χ3v) is 6.43. The summed E-state index contributed by atoms with van der Waals surface area (Å²) in [4.78, 5) is 4.02. The molecule has 5 nitrogen and oxygen atoms in total. The molecule has 0 amide bonds. The minimum absolute atomic E-state index is 0.0631. The van der Waals surface area contributed by atoms with Gasteiger partial charge in [-0.1, -0.05) is 17.7 Å². The third-order valence-electron chi connectivity index (χ3n) is 4.41. The maximum Gasteiger partial charge on any atom is 0.416 e. The van der Waals surface area contributed by atoms with Gasteiger partial charge in [0.15, 0.2) is 0 Å². The average Bonchev–Trinajstić information content (AvgIpc) is 3.03. The molecule has 1 aliphatic heterocycles. The summed E-state index contributed by atoms with van der Waals surface area (Å²) < 4.78 is 70.9. The number of pyridine rings is 1. The van der Waals surface area contributed by atoms with Crippen molar-refractivity contribution >= 4 is 10.0 Å². The van der Waals surface area contributed by atoms with Gasteiger partial charge in [0, 0.05) is 18.8 Å². The predicted molar refractivity (Wildman–Crippen MR) is 92.9 cm³/mol. The summed E-state index contributed by atoms with van der Waals surface area (Å²) in [6, 6.07) is 6.78. The minimum Gasteiger partial charge on any atom is -0.473 e. The molecule has 0 spiro atoms. The molecule has 1 aliphatic rings. The largest absolute Gasteiger partial charge is 0.473 e. The molecule has 2 heterocycles. The van der Waals surface area contributed by atoms with Crippen LogP contribution in [0.4, 0.5) is 13.2 Å². The van der Waals surface area contributed by atoms with Crippen LogP contribution in [0.5, 0.6) is 5.88 Å². The Morgan fingerprint density at radius 2 is 1.93 bits per heavy atom. The van der Waals surface area contributed by atoms with Gasteiger partial charge in [-0.05, 0) is 38.0 Å². The molecule has 3 rings (SSSR count). The van der Waals surface area contributed by atoms with Gasteiger partial charge in [-0.3, -0.25) is 0 Å². The standard InChI is InChI=1S/C18H19F3N2O3S/c1-12-3-4-16(13(2)9-12)27(24,25)23-8-6-15(11-23)26-17-10-14(5-7-22-17)18(19,20)21/h3-5,7,9-10,15H,6,8,11H2,1-2H3. The first kappa shape index (κ1) is 19.6. The lowest BCUT2D eigenvalue weighted by molar-refractivity contribution is -0.137. The normalized spacial score (nSPS) is 18.6. The van der Waals surface area contributed by atoms with Crippen molar-refractivity contribution in [2.45, 2.75) is 37.4 Å². The zero-order valence-corrected chi connectivity index (χ0v) is 15.6. The second-order valence-electron chi connectivity index (χ2n) is 6.54. The zero-order chi connectivity index (χ0) is 19.8. The summed E-state index contributed by atoms with van der Waals surface area (Å²) in [5.41, 5.74) is 0.758. The van der Waals surface area contributed by atoms with Gasteiger partial charge in [-0.15, -0.1) is 0 Å². The summed E-state index contributed by atoms with van der Waals surface area (Å²) in [7, 11) is -3.69. The summed E-state index contributed by atoms with van der Waals surface area (Å²) in [5, 5.41) is 0. The van der Waals surface area contributed by atoms with E-state index in [9.17, 15) is 21.6 Å². The third kappa shape index (κ3) is 4.24. The maximum atomic E-state index is 12.9. The van der Waals surface area contributed by atoms with Crippen LogP contribution in [0.15, 0.2) is 41.4 Å². The highest BCUT2D eigenvalue weighted by atomic mass is 32.2. The number of halogens is 3. The van der Waals surface area contributed by atoms with Gasteiger partial charge in [0.1, 0.15) is 6.10 Å². The Labute approximate surface area is 155 Å². The van der Waals surface area contributed by atoms with Crippen molar-refractivity contribution in [3.05, 3.63) is 53.2 Å². The van der Waals surface area contributed by atoms with Crippen LogP contribution < -0.4 is 4.74 Å². The second-order valence-corrected chi connectivity index (χ2v) is 8.45. The fraction of sp³-hybridized carbons (Fsp3) is 0.389. The van der Waals surface area contributed by atoms with Gasteiger partial charge in [-0.2, -0.15) is 17.5 Å². The van der Waals surface area contributed by atoms with Gasteiger partial charge in [0.2, 0.25) is 15.9 Å². The van der Waals surface area contributed by atoms with Crippen molar-refractivity contribution in [2.75, 3.05) is 13.1 Å². The minimum atomic E-state index is -4.49. The van der Waals surface area contributed by atoms with Crippen LogP contribution >= 0.6 is 0 Å². The lowest BCUT2D eigenvalue weighted by Gasteiger charge is -2.18. The van der Waals surface area contributed by atoms with E-state index in [1.54, 1.807) is 25.1 Å². The molecule has 0 radical (unpaired) electrons. The Morgan fingerprint density at radius 3 is 2.59 bits per heavy atom. The van der Waals surface area contributed by atoms with Crippen molar-refractivity contribution < 1.29 is 26.3 Å². The number of hydrogen-bond acceptors (Lipinski definition) is 4. The fourth-order valence-corrected chi connectivity index (χ4v) is 4.75. The van der Waals surface area contributed by atoms with Crippen LogP contribution in [0, 0.1) is 13.8 Å². The van der Waals surface area contributed by atoms with Crippen molar-refractivity contribution in [1.82, 2.24) is 9.29 Å². The molecule has 2 aromatic rings. The van der Waals surface area contributed by atoms with Crippen LogP contribution in [-0.2, 0) is 16.2 Å². The summed E-state index contributed by atoms with van der Waals surface area (Å²) >= 11 is 0. The molecule has 9 heteroatoms. The number of rotatable bonds is 4. The summed E-state index contributed by atoms with van der Waals surface area (Å²) in [6.07, 6.45) is -3.64. The molecule has 27 heavy (non-hydrogen) atoms. The number of aromatic nitrogens is 1. The monoisotopic (exact) mass is 400 g/mol. The molecular weight excluding hydrogens is 381 g/mol. The van der Waals surface area contributed by atoms with Crippen molar-refractivity contribution in [2.24, 2.45) is 0 Å². The molecular formula is C18H19F3N2O3S. The van der Waals surface area contributed by atoms with Crippen LogP contribution in [0.1, 0.15) is 23.1 Å². The van der Waals surface area contributed by atoms with Crippen molar-refractivity contribution in [1.29, 1.82) is 0 Å². The molecule has 1 unspecified atom stereocenters. The van der Waals surface area contributed by atoms with Crippen molar-refractivity contribution in [3.63, 3.8) is 0 Å². The Hall–Kier alpha value is -2.13. The first-order valence-corrected chi connectivity index (χ1v) is 9.79. The average molecular weight is 400 g/mol. The molecule has 1 saturated heterocycles. The molecule has 1 atom stereocenters. The number of ether oxygens (including phenoxy) is 1. The van der Waals surface area contributed by atoms with Gasteiger partial charge in [0.05, 0.1) is 17.0 Å². The second kappa shape index (κ2) is 7.12. The Kier molecular flexibility index (Phi) is 5.18. The van der Waals surface area contributed by atoms with E-state index in [4.69, 9.17) is 4.74 Å². The zero-order valence-electron chi connectivity index (χ0n) is 14.8. The van der Waals surface area contributed by atoms with Gasteiger partial charge < -0.3 is 4.74 Å². The first-order valence-electron chi connectivity index (χ1n) is 8.34. The van der Waals surface area contributed by atoms with E-state index in [-0.39, 0.29) is 23.9 Å². The SMILES string of the molecule is Cc1ccc(S(=O)(=O)N2CCC(Oc3cc(C(F)(F)F)ccn3)C2)c(C)c1. The van der Waals surface area contributed by atoms with E-state index < -0.39 is 27.9 Å². The Bertz CT molecular complexity index is 945. The number of nitrogens with zero attached hydrogens (tertiary/aromatic N) is 2. The summed E-state index contributed by atoms with van der Waals surface area (Å²) in [6.45, 7) is 3.91. The highest BCUT2D eigenvalue weighted by molar-refractivity contribution is 7.89. The number of benzene rings is 1. The predicted octanol–water partition coefficient (Wildman–Crippen LogP) is 3.56. The van der Waals surface area contributed by atoms with Crippen LogP contribution in [0.2, 0.25) is 0 Å².